The first-order valence-corrected chi connectivity index (χ1v) is 6.79. The smallest absolute Gasteiger partial charge is 0.325 e. The highest BCUT2D eigenvalue weighted by atomic mass is 16.6. The molecule has 0 aliphatic heterocycles. The summed E-state index contributed by atoms with van der Waals surface area (Å²) in [7, 11) is 0. The average molecular weight is 283 g/mol. The Morgan fingerprint density at radius 3 is 2.45 bits per heavy atom. The number of aromatic nitrogens is 2. The van der Waals surface area contributed by atoms with E-state index in [4.69, 9.17) is 15.2 Å². The average Bonchev–Trinajstić information content (AvgIpc) is 2.72. The van der Waals surface area contributed by atoms with Gasteiger partial charge in [0.2, 0.25) is 0 Å². The van der Waals surface area contributed by atoms with Crippen molar-refractivity contribution >= 4 is 5.97 Å². The molecule has 6 nitrogen and oxygen atoms in total. The zero-order chi connectivity index (χ0) is 15.5. The van der Waals surface area contributed by atoms with Crippen molar-refractivity contribution in [3.8, 4) is 5.75 Å². The Bertz CT molecular complexity index is 449. The molecule has 0 bridgehead atoms. The minimum absolute atomic E-state index is 0.0717. The zero-order valence-corrected chi connectivity index (χ0v) is 13.1. The maximum Gasteiger partial charge on any atom is 0.325 e. The van der Waals surface area contributed by atoms with Gasteiger partial charge in [-0.1, -0.05) is 0 Å². The molecule has 1 aromatic heterocycles. The van der Waals surface area contributed by atoms with E-state index in [2.05, 4.69) is 5.10 Å². The molecule has 0 saturated heterocycles. The SMILES string of the molecule is CC(C)Oc1cnn(C(C)C(N)C(=O)OC(C)(C)C)c1. The molecule has 1 aromatic rings. The first-order valence-electron chi connectivity index (χ1n) is 6.79. The number of hydrogen-bond acceptors (Lipinski definition) is 5. The summed E-state index contributed by atoms with van der Waals surface area (Å²) in [6, 6.07) is -1.09. The Morgan fingerprint density at radius 2 is 1.95 bits per heavy atom. The molecule has 2 N–H and O–H groups in total. The predicted molar refractivity (Wildman–Crippen MR) is 76.5 cm³/mol. The maximum atomic E-state index is 11.9. The van der Waals surface area contributed by atoms with Crippen LogP contribution in [-0.2, 0) is 9.53 Å². The molecule has 0 spiro atoms. The van der Waals surface area contributed by atoms with Crippen molar-refractivity contribution in [3.63, 3.8) is 0 Å². The highest BCUT2D eigenvalue weighted by Crippen LogP contribution is 2.18. The van der Waals surface area contributed by atoms with Gasteiger partial charge in [-0.25, -0.2) is 0 Å². The Hall–Kier alpha value is -1.56. The van der Waals surface area contributed by atoms with Crippen LogP contribution in [0.4, 0.5) is 0 Å². The van der Waals surface area contributed by atoms with Gasteiger partial charge in [0.25, 0.3) is 0 Å². The predicted octanol–water partition coefficient (Wildman–Crippen LogP) is 1.90. The van der Waals surface area contributed by atoms with Crippen molar-refractivity contribution in [1.29, 1.82) is 0 Å². The van der Waals surface area contributed by atoms with E-state index in [1.807, 2.05) is 41.5 Å². The molecule has 2 atom stereocenters. The standard InChI is InChI=1S/C14H25N3O3/c1-9(2)19-11-7-16-17(8-11)10(3)12(15)13(18)20-14(4,5)6/h7-10,12H,15H2,1-6H3. The minimum atomic E-state index is -0.777. The monoisotopic (exact) mass is 283 g/mol. The highest BCUT2D eigenvalue weighted by Gasteiger charge is 2.28. The zero-order valence-electron chi connectivity index (χ0n) is 13.1. The van der Waals surface area contributed by atoms with E-state index in [1.54, 1.807) is 17.1 Å². The number of hydrogen-bond donors (Lipinski definition) is 1. The number of ether oxygens (including phenoxy) is 2. The second-order valence-electron chi connectivity index (χ2n) is 6.12. The van der Waals surface area contributed by atoms with Gasteiger partial charge in [0.05, 0.1) is 24.5 Å². The first-order chi connectivity index (χ1) is 9.10. The molecule has 0 aromatic carbocycles. The number of rotatable bonds is 5. The number of carbonyl (C=O) groups excluding carboxylic acids is 1. The molecule has 0 radical (unpaired) electrons. The fraction of sp³-hybridized carbons (Fsp3) is 0.714. The summed E-state index contributed by atoms with van der Waals surface area (Å²) in [5.74, 6) is 0.218. The van der Waals surface area contributed by atoms with Crippen LogP contribution in [0.1, 0.15) is 47.6 Å². The van der Waals surface area contributed by atoms with E-state index in [-0.39, 0.29) is 12.1 Å². The van der Waals surface area contributed by atoms with Crippen molar-refractivity contribution in [1.82, 2.24) is 9.78 Å². The van der Waals surface area contributed by atoms with Gasteiger partial charge in [0.1, 0.15) is 11.6 Å². The number of nitrogens with zero attached hydrogens (tertiary/aromatic N) is 2. The van der Waals surface area contributed by atoms with Crippen LogP contribution in [0, 0.1) is 0 Å². The van der Waals surface area contributed by atoms with Crippen LogP contribution in [-0.4, -0.2) is 33.5 Å². The molecule has 1 heterocycles. The normalized spacial score (nSPS) is 15.0. The second-order valence-corrected chi connectivity index (χ2v) is 6.12. The van der Waals surface area contributed by atoms with Crippen molar-refractivity contribution in [2.45, 2.75) is 65.3 Å². The summed E-state index contributed by atoms with van der Waals surface area (Å²) >= 11 is 0. The molecule has 0 amide bonds. The minimum Gasteiger partial charge on any atom is -0.488 e. The van der Waals surface area contributed by atoms with Gasteiger partial charge in [-0.3, -0.25) is 9.48 Å². The van der Waals surface area contributed by atoms with E-state index in [0.29, 0.717) is 5.75 Å². The summed E-state index contributed by atoms with van der Waals surface area (Å²) in [5.41, 5.74) is 5.38. The highest BCUT2D eigenvalue weighted by molar-refractivity contribution is 5.76. The van der Waals surface area contributed by atoms with Crippen LogP contribution in [0.25, 0.3) is 0 Å². The summed E-state index contributed by atoms with van der Waals surface area (Å²) in [5, 5.41) is 4.17. The lowest BCUT2D eigenvalue weighted by Crippen LogP contribution is -2.42. The van der Waals surface area contributed by atoms with Crippen LogP contribution < -0.4 is 10.5 Å². The van der Waals surface area contributed by atoms with Crippen LogP contribution in [0.15, 0.2) is 12.4 Å². The Labute approximate surface area is 120 Å². The van der Waals surface area contributed by atoms with E-state index in [9.17, 15) is 4.79 Å². The Balaban J connectivity index is 2.71. The van der Waals surface area contributed by atoms with E-state index in [1.165, 1.54) is 0 Å². The first kappa shape index (κ1) is 16.5. The quantitative estimate of drug-likeness (QED) is 0.835. The summed E-state index contributed by atoms with van der Waals surface area (Å²) < 4.78 is 12.4. The van der Waals surface area contributed by atoms with Gasteiger partial charge >= 0.3 is 5.97 Å². The van der Waals surface area contributed by atoms with Crippen molar-refractivity contribution in [2.24, 2.45) is 5.73 Å². The fourth-order valence-electron chi connectivity index (χ4n) is 1.61. The third-order valence-electron chi connectivity index (χ3n) is 2.57. The Morgan fingerprint density at radius 1 is 1.35 bits per heavy atom. The van der Waals surface area contributed by atoms with Gasteiger partial charge in [0.15, 0.2) is 5.75 Å². The summed E-state index contributed by atoms with van der Waals surface area (Å²) in [6.45, 7) is 11.1. The van der Waals surface area contributed by atoms with Crippen molar-refractivity contribution < 1.29 is 14.3 Å². The van der Waals surface area contributed by atoms with Crippen LogP contribution in [0.2, 0.25) is 0 Å². The molecule has 0 aliphatic carbocycles. The lowest BCUT2D eigenvalue weighted by Gasteiger charge is -2.25. The summed E-state index contributed by atoms with van der Waals surface area (Å²) in [4.78, 5) is 11.9. The van der Waals surface area contributed by atoms with Gasteiger partial charge in [0, 0.05) is 0 Å². The van der Waals surface area contributed by atoms with E-state index < -0.39 is 17.6 Å². The van der Waals surface area contributed by atoms with Crippen molar-refractivity contribution in [2.75, 3.05) is 0 Å². The third kappa shape index (κ3) is 4.85. The van der Waals surface area contributed by atoms with Gasteiger partial charge in [-0.05, 0) is 41.5 Å². The maximum absolute atomic E-state index is 11.9. The molecule has 0 aliphatic rings. The number of carbonyl (C=O) groups is 1. The molecule has 2 unspecified atom stereocenters. The third-order valence-corrected chi connectivity index (χ3v) is 2.57. The molecular weight excluding hydrogens is 258 g/mol. The molecular formula is C14H25N3O3. The lowest BCUT2D eigenvalue weighted by atomic mass is 10.1. The fourth-order valence-corrected chi connectivity index (χ4v) is 1.61. The van der Waals surface area contributed by atoms with Crippen molar-refractivity contribution in [3.05, 3.63) is 12.4 Å². The largest absolute Gasteiger partial charge is 0.488 e. The topological polar surface area (TPSA) is 79.4 Å². The van der Waals surface area contributed by atoms with Crippen LogP contribution >= 0.6 is 0 Å². The van der Waals surface area contributed by atoms with Crippen LogP contribution in [0.3, 0.4) is 0 Å². The van der Waals surface area contributed by atoms with E-state index in [0.717, 1.165) is 0 Å². The van der Waals surface area contributed by atoms with Gasteiger partial charge < -0.3 is 15.2 Å². The number of nitrogens with two attached hydrogens (primary N) is 1. The molecule has 0 saturated carbocycles. The molecule has 6 heteroatoms. The summed E-state index contributed by atoms with van der Waals surface area (Å²) in [6.07, 6.45) is 3.41. The van der Waals surface area contributed by atoms with Gasteiger partial charge in [-0.15, -0.1) is 0 Å². The van der Waals surface area contributed by atoms with Crippen LogP contribution in [0.5, 0.6) is 5.75 Å². The molecule has 0 fully saturated rings. The second kappa shape index (κ2) is 6.26. The molecule has 20 heavy (non-hydrogen) atoms. The number of esters is 1. The van der Waals surface area contributed by atoms with Gasteiger partial charge in [-0.2, -0.15) is 5.10 Å². The molecule has 114 valence electrons. The molecule has 1 rings (SSSR count). The lowest BCUT2D eigenvalue weighted by molar-refractivity contribution is -0.157. The Kier molecular flexibility index (Phi) is 5.16. The van der Waals surface area contributed by atoms with E-state index >= 15 is 0 Å².